The highest BCUT2D eigenvalue weighted by Crippen LogP contribution is 2.47. The van der Waals surface area contributed by atoms with E-state index in [1.165, 1.54) is 86.8 Å². The minimum atomic E-state index is -6.58. The number of sulfone groups is 2. The lowest BCUT2D eigenvalue weighted by molar-refractivity contribution is -0.888. The molecule has 3 rings (SSSR count). The molecule has 6 nitrogen and oxygen atoms in total. The summed E-state index contributed by atoms with van der Waals surface area (Å²) in [6.45, 7) is 7.17. The van der Waals surface area contributed by atoms with Crippen LogP contribution in [0, 0.1) is 5.41 Å². The largest absolute Gasteiger partial charge is 0.502 e. The Hall–Kier alpha value is -2.45. The number of fused-ring (bicyclic) bond motifs is 3. The van der Waals surface area contributed by atoms with Gasteiger partial charge in [0.2, 0.25) is 0 Å². The lowest BCUT2D eigenvalue weighted by Crippen LogP contribution is -2.39. The molecule has 0 aromatic heterocycles. The number of quaternary nitrogens is 1. The van der Waals surface area contributed by atoms with E-state index in [0.29, 0.717) is 0 Å². The van der Waals surface area contributed by atoms with Gasteiger partial charge in [0.25, 0.3) is 19.7 Å². The highest BCUT2D eigenvalue weighted by atomic mass is 32.2. The van der Waals surface area contributed by atoms with Gasteiger partial charge in [-0.3, -0.25) is 5.41 Å². The zero-order valence-corrected chi connectivity index (χ0v) is 25.6. The Bertz CT molecular complexity index is 1470. The predicted octanol–water partition coefficient (Wildman–Crippen LogP) is 7.41. The zero-order chi connectivity index (χ0) is 32.1. The quantitative estimate of drug-likeness (QED) is 0.154. The van der Waals surface area contributed by atoms with Crippen LogP contribution in [0.25, 0.3) is 11.6 Å². The highest BCUT2D eigenvalue weighted by molar-refractivity contribution is 8.00. The van der Waals surface area contributed by atoms with E-state index in [-0.39, 0.29) is 22.8 Å². The molecule has 2 aliphatic carbocycles. The Morgan fingerprint density at radius 2 is 1.26 bits per heavy atom. The van der Waals surface area contributed by atoms with Crippen molar-refractivity contribution in [3.63, 3.8) is 0 Å². The Morgan fingerprint density at radius 1 is 0.738 bits per heavy atom. The van der Waals surface area contributed by atoms with E-state index >= 15 is 0 Å². The fourth-order valence-electron chi connectivity index (χ4n) is 4.41. The fraction of sp³-hybridized carbons (Fsp3) is 0.536. The lowest BCUT2D eigenvalue weighted by atomic mass is 9.95. The molecule has 14 heteroatoms. The molecule has 1 aromatic rings. The Morgan fingerprint density at radius 3 is 1.79 bits per heavy atom. The van der Waals surface area contributed by atoms with Gasteiger partial charge < -0.3 is 4.48 Å². The summed E-state index contributed by atoms with van der Waals surface area (Å²) in [5.74, 6) is 0. The number of halogens is 6. The SMILES string of the molecule is CCCCCCCCC[N+](C)(C)CC.N=C1C2=Cc3ccccc3C2=CC(S(=O)(=O)C(F)(F)F)=C1S(=O)(=O)C(F)(F)F. The molecule has 0 atom stereocenters. The maximum absolute atomic E-state index is 13.0. The van der Waals surface area contributed by atoms with Crippen LogP contribution in [0.5, 0.6) is 0 Å². The van der Waals surface area contributed by atoms with Gasteiger partial charge in [0.1, 0.15) is 4.91 Å². The summed E-state index contributed by atoms with van der Waals surface area (Å²) < 4.78 is 127. The number of nitrogens with one attached hydrogen (secondary N) is 1. The molecule has 0 bridgehead atoms. The number of hydrogen-bond acceptors (Lipinski definition) is 5. The molecule has 0 spiro atoms. The second-order valence-corrected chi connectivity index (χ2v) is 14.6. The minimum absolute atomic E-state index is 0.153. The standard InChI is InChI=1S/C15H7F6NO4S2.C13H30N/c16-14(17,18)27(23,24)11-6-9-8-4-2-1-3-7(8)5-10(9)12(22)13(11)28(25,26)15(19,20)21;1-5-7-8-9-10-11-12-13-14(3,4)6-2/h1-6,22H;5-13H2,1-4H3/q;+1. The second-order valence-electron chi connectivity index (χ2n) is 10.8. The number of rotatable bonds is 11. The van der Waals surface area contributed by atoms with Gasteiger partial charge in [-0.15, -0.1) is 0 Å². The molecule has 0 aliphatic heterocycles. The number of benzene rings is 1. The van der Waals surface area contributed by atoms with E-state index in [2.05, 4.69) is 27.9 Å². The first-order chi connectivity index (χ1) is 19.2. The second kappa shape index (κ2) is 13.5. The van der Waals surface area contributed by atoms with E-state index in [1.54, 1.807) is 0 Å². The average molecular weight is 644 g/mol. The van der Waals surface area contributed by atoms with Crippen molar-refractivity contribution in [1.29, 1.82) is 5.41 Å². The van der Waals surface area contributed by atoms with Crippen molar-refractivity contribution in [1.82, 2.24) is 0 Å². The van der Waals surface area contributed by atoms with Gasteiger partial charge in [-0.2, -0.15) is 26.3 Å². The molecule has 2 aliphatic rings. The monoisotopic (exact) mass is 643 g/mol. The van der Waals surface area contributed by atoms with Crippen molar-refractivity contribution in [3.8, 4) is 0 Å². The van der Waals surface area contributed by atoms with E-state index < -0.39 is 51.8 Å². The van der Waals surface area contributed by atoms with Crippen LogP contribution in [-0.2, 0) is 19.7 Å². The number of unbranched alkanes of at least 4 members (excludes halogenated alkanes) is 6. The van der Waals surface area contributed by atoms with Gasteiger partial charge in [0.05, 0.1) is 37.8 Å². The molecule has 0 heterocycles. The maximum Gasteiger partial charge on any atom is 0.502 e. The van der Waals surface area contributed by atoms with Gasteiger partial charge >= 0.3 is 11.0 Å². The summed E-state index contributed by atoms with van der Waals surface area (Å²) in [7, 11) is -8.43. The third kappa shape index (κ3) is 7.93. The highest BCUT2D eigenvalue weighted by Gasteiger charge is 2.57. The topological polar surface area (TPSA) is 92.1 Å². The molecule has 0 saturated heterocycles. The smallest absolute Gasteiger partial charge is 0.329 e. The summed E-state index contributed by atoms with van der Waals surface area (Å²) in [5.41, 5.74) is -13.9. The van der Waals surface area contributed by atoms with Crippen molar-refractivity contribution < 1.29 is 47.7 Å². The molecule has 0 fully saturated rings. The average Bonchev–Trinajstić information content (AvgIpc) is 3.26. The molecule has 0 saturated carbocycles. The number of hydrogen-bond donors (Lipinski definition) is 1. The number of allylic oxidation sites excluding steroid dienone is 4. The fourth-order valence-corrected chi connectivity index (χ4v) is 6.87. The number of nitrogens with zero attached hydrogens (tertiary/aromatic N) is 1. The molecule has 1 aromatic carbocycles. The van der Waals surface area contributed by atoms with Crippen LogP contribution in [0.15, 0.2) is 45.7 Å². The number of alkyl halides is 6. The first kappa shape index (κ1) is 35.7. The van der Waals surface area contributed by atoms with E-state index in [9.17, 15) is 43.2 Å². The van der Waals surface area contributed by atoms with Crippen LogP contribution >= 0.6 is 0 Å². The van der Waals surface area contributed by atoms with E-state index in [4.69, 9.17) is 5.41 Å². The van der Waals surface area contributed by atoms with Crippen molar-refractivity contribution in [2.75, 3.05) is 27.2 Å². The first-order valence-corrected chi connectivity index (χ1v) is 16.5. The summed E-state index contributed by atoms with van der Waals surface area (Å²) in [6, 6.07) is 5.69. The molecule has 0 unspecified atom stereocenters. The van der Waals surface area contributed by atoms with Crippen LogP contribution in [0.4, 0.5) is 26.3 Å². The molecular weight excluding hydrogens is 606 g/mol. The summed E-state index contributed by atoms with van der Waals surface area (Å²) in [5, 5.41) is 7.82. The summed E-state index contributed by atoms with van der Waals surface area (Å²) >= 11 is 0. The maximum atomic E-state index is 13.0. The zero-order valence-electron chi connectivity index (χ0n) is 24.0. The van der Waals surface area contributed by atoms with Crippen LogP contribution in [-0.4, -0.2) is 65.2 Å². The van der Waals surface area contributed by atoms with E-state index in [0.717, 1.165) is 6.08 Å². The molecule has 0 radical (unpaired) electrons. The van der Waals surface area contributed by atoms with Crippen LogP contribution in [0.2, 0.25) is 0 Å². The third-order valence-electron chi connectivity index (χ3n) is 7.23. The van der Waals surface area contributed by atoms with Crippen LogP contribution in [0.1, 0.15) is 69.9 Å². The Kier molecular flexibility index (Phi) is 11.5. The normalized spacial score (nSPS) is 15.9. The van der Waals surface area contributed by atoms with E-state index in [1.807, 2.05) is 0 Å². The van der Waals surface area contributed by atoms with Crippen molar-refractivity contribution >= 4 is 37.0 Å². The molecule has 236 valence electrons. The van der Waals surface area contributed by atoms with Crippen molar-refractivity contribution in [2.24, 2.45) is 0 Å². The molecule has 1 N–H and O–H groups in total. The van der Waals surface area contributed by atoms with Gasteiger partial charge in [0.15, 0.2) is 0 Å². The van der Waals surface area contributed by atoms with Gasteiger partial charge in [0, 0.05) is 5.57 Å². The Balaban J connectivity index is 0.000000374. The predicted molar refractivity (Wildman–Crippen MR) is 153 cm³/mol. The minimum Gasteiger partial charge on any atom is -0.329 e. The summed E-state index contributed by atoms with van der Waals surface area (Å²) in [4.78, 5) is -4.38. The van der Waals surface area contributed by atoms with Gasteiger partial charge in [-0.1, -0.05) is 63.3 Å². The van der Waals surface area contributed by atoms with Gasteiger partial charge in [-0.25, -0.2) is 16.8 Å². The van der Waals surface area contributed by atoms with Crippen LogP contribution < -0.4 is 0 Å². The third-order valence-corrected chi connectivity index (χ3v) is 10.4. The molecule has 0 amide bonds. The molecule has 42 heavy (non-hydrogen) atoms. The van der Waals surface area contributed by atoms with Crippen molar-refractivity contribution in [3.05, 3.63) is 56.9 Å². The van der Waals surface area contributed by atoms with Gasteiger partial charge in [-0.05, 0) is 48.6 Å². The van der Waals surface area contributed by atoms with Crippen LogP contribution in [0.3, 0.4) is 0 Å². The Labute approximate surface area is 243 Å². The summed E-state index contributed by atoms with van der Waals surface area (Å²) in [6.07, 6.45) is 11.3. The first-order valence-electron chi connectivity index (χ1n) is 13.5. The lowest BCUT2D eigenvalue weighted by Gasteiger charge is -2.28. The molecular formula is C28H37F6N2O4S2+. The van der Waals surface area contributed by atoms with Crippen molar-refractivity contribution in [2.45, 2.75) is 69.8 Å².